The maximum atomic E-state index is 13.9. The number of hydrogen-bond acceptors (Lipinski definition) is 2. The van der Waals surface area contributed by atoms with E-state index in [1.807, 2.05) is 0 Å². The van der Waals surface area contributed by atoms with Crippen LogP contribution in [0.2, 0.25) is 0 Å². The van der Waals surface area contributed by atoms with Crippen molar-refractivity contribution in [1.29, 1.82) is 0 Å². The number of para-hydroxylation sites is 1. The van der Waals surface area contributed by atoms with E-state index < -0.39 is 17.8 Å². The van der Waals surface area contributed by atoms with Gasteiger partial charge in [0.25, 0.3) is 5.91 Å². The third-order valence-corrected chi connectivity index (χ3v) is 3.54. The van der Waals surface area contributed by atoms with Crippen LogP contribution in [-0.4, -0.2) is 5.91 Å². The minimum atomic E-state index is -0.939. The first-order chi connectivity index (χ1) is 9.56. The Kier molecular flexibility index (Phi) is 3.17. The zero-order valence-corrected chi connectivity index (χ0v) is 11.7. The van der Waals surface area contributed by atoms with Crippen LogP contribution in [-0.2, 0) is 0 Å². The lowest BCUT2D eigenvalue weighted by Crippen LogP contribution is -2.39. The van der Waals surface area contributed by atoms with E-state index in [4.69, 9.17) is 0 Å². The van der Waals surface area contributed by atoms with E-state index in [9.17, 15) is 13.6 Å². The molecular formula is C14H9BrF2N2O. The molecule has 0 aliphatic carbocycles. The monoisotopic (exact) mass is 338 g/mol. The van der Waals surface area contributed by atoms with Crippen molar-refractivity contribution < 1.29 is 13.6 Å². The largest absolute Gasteiger partial charge is 0.361 e. The molecule has 3 nitrogen and oxygen atoms in total. The maximum Gasteiger partial charge on any atom is 0.255 e. The standard InChI is InChI=1S/C14H9BrF2N2O/c15-7-5-9(16)12(10(17)6-7)13-18-11-4-2-1-3-8(11)14(20)19-13/h1-6,13,18H,(H,19,20). The second-order valence-corrected chi connectivity index (χ2v) is 5.30. The molecule has 20 heavy (non-hydrogen) atoms. The van der Waals surface area contributed by atoms with Crippen LogP contribution in [0.1, 0.15) is 22.1 Å². The number of rotatable bonds is 1. The second kappa shape index (κ2) is 4.86. The number of benzene rings is 2. The Bertz CT molecular complexity index is 682. The Morgan fingerprint density at radius 1 is 1.05 bits per heavy atom. The van der Waals surface area contributed by atoms with Gasteiger partial charge in [0, 0.05) is 10.2 Å². The number of carbonyl (C=O) groups excluding carboxylic acids is 1. The summed E-state index contributed by atoms with van der Waals surface area (Å²) in [6, 6.07) is 9.12. The van der Waals surface area contributed by atoms with Gasteiger partial charge in [0.1, 0.15) is 17.8 Å². The minimum Gasteiger partial charge on any atom is -0.361 e. The van der Waals surface area contributed by atoms with Crippen LogP contribution in [0.3, 0.4) is 0 Å². The highest BCUT2D eigenvalue weighted by atomic mass is 79.9. The van der Waals surface area contributed by atoms with Crippen molar-refractivity contribution in [2.45, 2.75) is 6.17 Å². The van der Waals surface area contributed by atoms with E-state index in [2.05, 4.69) is 26.6 Å². The number of anilines is 1. The Morgan fingerprint density at radius 2 is 1.70 bits per heavy atom. The average Bonchev–Trinajstić information content (AvgIpc) is 2.37. The summed E-state index contributed by atoms with van der Waals surface area (Å²) in [5.41, 5.74) is 0.778. The molecule has 1 atom stereocenters. The van der Waals surface area contributed by atoms with Gasteiger partial charge < -0.3 is 10.6 Å². The molecule has 0 fully saturated rings. The van der Waals surface area contributed by atoms with E-state index >= 15 is 0 Å². The lowest BCUT2D eigenvalue weighted by Gasteiger charge is -2.28. The molecule has 2 N–H and O–H groups in total. The fourth-order valence-electron chi connectivity index (χ4n) is 2.18. The van der Waals surface area contributed by atoms with Crippen molar-refractivity contribution in [3.8, 4) is 0 Å². The van der Waals surface area contributed by atoms with Crippen LogP contribution in [0.15, 0.2) is 40.9 Å². The van der Waals surface area contributed by atoms with Gasteiger partial charge >= 0.3 is 0 Å². The number of amides is 1. The van der Waals surface area contributed by atoms with Crippen molar-refractivity contribution in [2.24, 2.45) is 0 Å². The molecule has 102 valence electrons. The molecule has 0 bridgehead atoms. The highest BCUT2D eigenvalue weighted by molar-refractivity contribution is 9.10. The third-order valence-electron chi connectivity index (χ3n) is 3.08. The maximum absolute atomic E-state index is 13.9. The topological polar surface area (TPSA) is 41.1 Å². The Balaban J connectivity index is 2.04. The van der Waals surface area contributed by atoms with Gasteiger partial charge in [-0.3, -0.25) is 4.79 Å². The molecule has 1 aliphatic rings. The van der Waals surface area contributed by atoms with Gasteiger partial charge in [0.05, 0.1) is 11.1 Å². The van der Waals surface area contributed by atoms with Crippen LogP contribution in [0.25, 0.3) is 0 Å². The molecule has 6 heteroatoms. The van der Waals surface area contributed by atoms with Gasteiger partial charge in [0.2, 0.25) is 0 Å². The van der Waals surface area contributed by atoms with Crippen molar-refractivity contribution in [3.63, 3.8) is 0 Å². The summed E-state index contributed by atoms with van der Waals surface area (Å²) in [4.78, 5) is 12.0. The number of carbonyl (C=O) groups is 1. The summed E-state index contributed by atoms with van der Waals surface area (Å²) < 4.78 is 28.2. The van der Waals surface area contributed by atoms with Gasteiger partial charge in [-0.05, 0) is 24.3 Å². The quantitative estimate of drug-likeness (QED) is 0.834. The number of halogens is 3. The van der Waals surface area contributed by atoms with Gasteiger partial charge in [-0.15, -0.1) is 0 Å². The summed E-state index contributed by atoms with van der Waals surface area (Å²) in [5.74, 6) is -1.82. The molecular weight excluding hydrogens is 330 g/mol. The van der Waals surface area contributed by atoms with Crippen molar-refractivity contribution >= 4 is 27.5 Å². The van der Waals surface area contributed by atoms with Crippen LogP contribution in [0.5, 0.6) is 0 Å². The van der Waals surface area contributed by atoms with Crippen molar-refractivity contribution in [3.05, 3.63) is 63.6 Å². The van der Waals surface area contributed by atoms with E-state index in [1.54, 1.807) is 24.3 Å². The molecule has 0 aromatic heterocycles. The summed E-state index contributed by atoms with van der Waals surface area (Å²) in [6.45, 7) is 0. The summed E-state index contributed by atoms with van der Waals surface area (Å²) in [6.07, 6.45) is -0.939. The second-order valence-electron chi connectivity index (χ2n) is 4.38. The average molecular weight is 339 g/mol. The van der Waals surface area contributed by atoms with Gasteiger partial charge in [-0.1, -0.05) is 28.1 Å². The number of fused-ring (bicyclic) bond motifs is 1. The van der Waals surface area contributed by atoms with Gasteiger partial charge in [-0.25, -0.2) is 8.78 Å². The zero-order chi connectivity index (χ0) is 14.3. The molecule has 1 unspecified atom stereocenters. The SMILES string of the molecule is O=C1NC(c2c(F)cc(Br)cc2F)Nc2ccccc21. The highest BCUT2D eigenvalue weighted by Crippen LogP contribution is 2.30. The van der Waals surface area contributed by atoms with E-state index in [0.29, 0.717) is 15.7 Å². The first-order valence-corrected chi connectivity index (χ1v) is 6.66. The van der Waals surface area contributed by atoms with Crippen LogP contribution >= 0.6 is 15.9 Å². The summed E-state index contributed by atoms with van der Waals surface area (Å²) in [7, 11) is 0. The molecule has 2 aromatic rings. The fraction of sp³-hybridized carbons (Fsp3) is 0.0714. The third kappa shape index (κ3) is 2.16. The van der Waals surface area contributed by atoms with Crippen molar-refractivity contribution in [2.75, 3.05) is 5.32 Å². The molecule has 0 saturated heterocycles. The summed E-state index contributed by atoms with van der Waals surface area (Å²) >= 11 is 3.02. The molecule has 3 rings (SSSR count). The van der Waals surface area contributed by atoms with E-state index in [-0.39, 0.29) is 11.5 Å². The van der Waals surface area contributed by atoms with E-state index in [1.165, 1.54) is 0 Å². The summed E-state index contributed by atoms with van der Waals surface area (Å²) in [5, 5.41) is 5.46. The van der Waals surface area contributed by atoms with Crippen LogP contribution in [0, 0.1) is 11.6 Å². The molecule has 2 aromatic carbocycles. The number of nitrogens with one attached hydrogen (secondary N) is 2. The first-order valence-electron chi connectivity index (χ1n) is 5.87. The predicted octanol–water partition coefficient (Wildman–Crippen LogP) is 3.58. The highest BCUT2D eigenvalue weighted by Gasteiger charge is 2.28. The Hall–Kier alpha value is -1.95. The molecule has 0 saturated carbocycles. The zero-order valence-electron chi connectivity index (χ0n) is 10.1. The Labute approximate surface area is 122 Å². The van der Waals surface area contributed by atoms with E-state index in [0.717, 1.165) is 12.1 Å². The normalized spacial score (nSPS) is 17.1. The predicted molar refractivity (Wildman–Crippen MR) is 74.3 cm³/mol. The first kappa shape index (κ1) is 13.1. The molecule has 0 radical (unpaired) electrons. The molecule has 0 spiro atoms. The molecule has 1 aliphatic heterocycles. The van der Waals surface area contributed by atoms with Gasteiger partial charge in [-0.2, -0.15) is 0 Å². The molecule has 1 heterocycles. The number of hydrogen-bond donors (Lipinski definition) is 2. The Morgan fingerprint density at radius 3 is 2.40 bits per heavy atom. The smallest absolute Gasteiger partial charge is 0.255 e. The lowest BCUT2D eigenvalue weighted by molar-refractivity contribution is 0.0934. The van der Waals surface area contributed by atoms with Gasteiger partial charge in [0.15, 0.2) is 0 Å². The lowest BCUT2D eigenvalue weighted by atomic mass is 10.0. The van der Waals surface area contributed by atoms with Crippen LogP contribution in [0.4, 0.5) is 14.5 Å². The molecule has 1 amide bonds. The van der Waals surface area contributed by atoms with Crippen molar-refractivity contribution in [1.82, 2.24) is 5.32 Å². The van der Waals surface area contributed by atoms with Crippen LogP contribution < -0.4 is 10.6 Å². The minimum absolute atomic E-state index is 0.212. The fourth-order valence-corrected chi connectivity index (χ4v) is 2.58.